The number of rotatable bonds is 4. The van der Waals surface area contributed by atoms with Gasteiger partial charge in [0.1, 0.15) is 5.82 Å². The van der Waals surface area contributed by atoms with Crippen molar-refractivity contribution in [1.29, 1.82) is 0 Å². The van der Waals surface area contributed by atoms with E-state index >= 15 is 0 Å². The molecule has 3 aromatic carbocycles. The van der Waals surface area contributed by atoms with Crippen molar-refractivity contribution in [2.45, 2.75) is 11.4 Å². The molecule has 0 unspecified atom stereocenters. The van der Waals surface area contributed by atoms with E-state index in [1.54, 1.807) is 12.1 Å². The molecule has 0 aromatic heterocycles. The maximum atomic E-state index is 14.0. The SMILES string of the molecule is O=C(Nc1ccc2c(c1)N(S(=O)(=O)c1ccc(Cl)cc1)NC2)c1c(F)cccc1Cl. The molecule has 30 heavy (non-hydrogen) atoms. The molecule has 3 aromatic rings. The summed E-state index contributed by atoms with van der Waals surface area (Å²) in [5, 5.41) is 2.95. The summed E-state index contributed by atoms with van der Waals surface area (Å²) in [5.74, 6) is -1.49. The number of hydrogen-bond acceptors (Lipinski definition) is 4. The van der Waals surface area contributed by atoms with Crippen LogP contribution in [0.25, 0.3) is 0 Å². The Balaban J connectivity index is 1.65. The van der Waals surface area contributed by atoms with E-state index in [0.29, 0.717) is 10.7 Å². The minimum atomic E-state index is -3.91. The number of amides is 1. The number of nitrogens with zero attached hydrogens (tertiary/aromatic N) is 1. The second-order valence-electron chi connectivity index (χ2n) is 6.45. The van der Waals surface area contributed by atoms with E-state index in [2.05, 4.69) is 10.7 Å². The van der Waals surface area contributed by atoms with Crippen LogP contribution in [-0.4, -0.2) is 14.3 Å². The molecule has 1 amide bonds. The summed E-state index contributed by atoms with van der Waals surface area (Å²) in [4.78, 5) is 12.5. The van der Waals surface area contributed by atoms with Crippen molar-refractivity contribution in [2.24, 2.45) is 0 Å². The van der Waals surface area contributed by atoms with Gasteiger partial charge in [0.15, 0.2) is 0 Å². The topological polar surface area (TPSA) is 78.5 Å². The summed E-state index contributed by atoms with van der Waals surface area (Å²) in [6, 6.07) is 14.5. The van der Waals surface area contributed by atoms with Crippen LogP contribution in [0.1, 0.15) is 15.9 Å². The third-order valence-corrected chi connectivity index (χ3v) is 6.76. The van der Waals surface area contributed by atoms with Crippen LogP contribution in [0.5, 0.6) is 0 Å². The first-order valence-corrected chi connectivity index (χ1v) is 10.9. The molecule has 1 aliphatic heterocycles. The Labute approximate surface area is 182 Å². The van der Waals surface area contributed by atoms with Gasteiger partial charge in [-0.2, -0.15) is 12.8 Å². The first-order chi connectivity index (χ1) is 14.3. The number of nitrogens with one attached hydrogen (secondary N) is 2. The first kappa shape index (κ1) is 20.6. The Kier molecular flexibility index (Phi) is 5.42. The molecule has 1 aliphatic rings. The molecule has 154 valence electrons. The fraction of sp³-hybridized carbons (Fsp3) is 0.0500. The normalized spacial score (nSPS) is 13.2. The number of benzene rings is 3. The molecule has 10 heteroatoms. The predicted octanol–water partition coefficient (Wildman–Crippen LogP) is 4.60. The highest BCUT2D eigenvalue weighted by atomic mass is 35.5. The van der Waals surface area contributed by atoms with E-state index in [4.69, 9.17) is 23.2 Å². The van der Waals surface area contributed by atoms with Crippen molar-refractivity contribution in [3.8, 4) is 0 Å². The smallest absolute Gasteiger partial charge is 0.277 e. The lowest BCUT2D eigenvalue weighted by molar-refractivity contribution is 0.102. The van der Waals surface area contributed by atoms with Crippen LogP contribution in [0.15, 0.2) is 65.6 Å². The molecule has 0 fully saturated rings. The number of hydrogen-bond donors (Lipinski definition) is 2. The van der Waals surface area contributed by atoms with Crippen LogP contribution in [-0.2, 0) is 16.6 Å². The van der Waals surface area contributed by atoms with Gasteiger partial charge in [-0.05, 0) is 54.1 Å². The Hall–Kier alpha value is -2.65. The first-order valence-electron chi connectivity index (χ1n) is 8.70. The van der Waals surface area contributed by atoms with Gasteiger partial charge >= 0.3 is 0 Å². The summed E-state index contributed by atoms with van der Waals surface area (Å²) in [7, 11) is -3.91. The molecule has 0 aliphatic carbocycles. The third-order valence-electron chi connectivity index (χ3n) is 4.52. The van der Waals surface area contributed by atoms with Crippen LogP contribution >= 0.6 is 23.2 Å². The average Bonchev–Trinajstić information content (AvgIpc) is 3.12. The minimum Gasteiger partial charge on any atom is -0.322 e. The van der Waals surface area contributed by atoms with Crippen LogP contribution < -0.4 is 15.2 Å². The van der Waals surface area contributed by atoms with Crippen LogP contribution in [0, 0.1) is 5.82 Å². The van der Waals surface area contributed by atoms with Gasteiger partial charge < -0.3 is 5.32 Å². The predicted molar refractivity (Wildman–Crippen MR) is 114 cm³/mol. The van der Waals surface area contributed by atoms with E-state index < -0.39 is 21.7 Å². The van der Waals surface area contributed by atoms with Crippen molar-refractivity contribution < 1.29 is 17.6 Å². The summed E-state index contributed by atoms with van der Waals surface area (Å²) in [6.07, 6.45) is 0. The highest BCUT2D eigenvalue weighted by molar-refractivity contribution is 7.92. The number of carbonyl (C=O) groups excluding carboxylic acids is 1. The van der Waals surface area contributed by atoms with Crippen LogP contribution in [0.2, 0.25) is 10.0 Å². The van der Waals surface area contributed by atoms with Crippen molar-refractivity contribution in [3.63, 3.8) is 0 Å². The van der Waals surface area contributed by atoms with Gasteiger partial charge in [0.05, 0.1) is 21.2 Å². The number of hydrazine groups is 1. The number of fused-ring (bicyclic) bond motifs is 1. The number of sulfonamides is 1. The molecule has 0 spiro atoms. The fourth-order valence-corrected chi connectivity index (χ4v) is 4.79. The fourth-order valence-electron chi connectivity index (χ4n) is 3.06. The van der Waals surface area contributed by atoms with E-state index in [-0.39, 0.29) is 27.7 Å². The third kappa shape index (κ3) is 3.75. The number of halogens is 3. The molecule has 4 rings (SSSR count). The van der Waals surface area contributed by atoms with E-state index in [1.165, 1.54) is 42.5 Å². The maximum absolute atomic E-state index is 14.0. The van der Waals surface area contributed by atoms with Gasteiger partial charge in [0.2, 0.25) is 0 Å². The molecule has 2 N–H and O–H groups in total. The lowest BCUT2D eigenvalue weighted by Crippen LogP contribution is -2.38. The summed E-state index contributed by atoms with van der Waals surface area (Å²) in [6.45, 7) is 0.287. The van der Waals surface area contributed by atoms with E-state index in [1.807, 2.05) is 0 Å². The number of carbonyl (C=O) groups is 1. The second-order valence-corrected chi connectivity index (χ2v) is 9.08. The second kappa shape index (κ2) is 7.88. The zero-order valence-corrected chi connectivity index (χ0v) is 17.5. The maximum Gasteiger partial charge on any atom is 0.277 e. The molecule has 0 bridgehead atoms. The highest BCUT2D eigenvalue weighted by Crippen LogP contribution is 2.33. The van der Waals surface area contributed by atoms with Gasteiger partial charge in [-0.15, -0.1) is 0 Å². The summed E-state index contributed by atoms with van der Waals surface area (Å²) < 4.78 is 41.1. The summed E-state index contributed by atoms with van der Waals surface area (Å²) >= 11 is 11.8. The van der Waals surface area contributed by atoms with Gasteiger partial charge in [-0.3, -0.25) is 4.79 Å². The van der Waals surface area contributed by atoms with Crippen LogP contribution in [0.3, 0.4) is 0 Å². The van der Waals surface area contributed by atoms with Crippen LogP contribution in [0.4, 0.5) is 15.8 Å². The van der Waals surface area contributed by atoms with Gasteiger partial charge in [-0.25, -0.2) is 9.82 Å². The minimum absolute atomic E-state index is 0.0257. The lowest BCUT2D eigenvalue weighted by atomic mass is 10.1. The van der Waals surface area contributed by atoms with E-state index in [0.717, 1.165) is 16.0 Å². The van der Waals surface area contributed by atoms with Gasteiger partial charge in [-0.1, -0.05) is 35.3 Å². The Morgan fingerprint density at radius 1 is 1.07 bits per heavy atom. The molecule has 6 nitrogen and oxygen atoms in total. The standard InChI is InChI=1S/C20H14Cl2FN3O3S/c21-13-5-8-15(9-6-13)30(28,29)26-18-10-14(7-4-12(18)11-24-26)25-20(27)19-16(22)2-1-3-17(19)23/h1-10,24H,11H2,(H,25,27). The molecule has 0 radical (unpaired) electrons. The summed E-state index contributed by atoms with van der Waals surface area (Å²) in [5.41, 5.74) is 3.89. The Morgan fingerprint density at radius 3 is 2.50 bits per heavy atom. The lowest BCUT2D eigenvalue weighted by Gasteiger charge is -2.20. The van der Waals surface area contributed by atoms with Gasteiger partial charge in [0.25, 0.3) is 15.9 Å². The monoisotopic (exact) mass is 465 g/mol. The highest BCUT2D eigenvalue weighted by Gasteiger charge is 2.31. The van der Waals surface area contributed by atoms with Crippen molar-refractivity contribution in [2.75, 3.05) is 9.73 Å². The zero-order chi connectivity index (χ0) is 21.5. The van der Waals surface area contributed by atoms with Gasteiger partial charge in [0, 0.05) is 17.3 Å². The molecular formula is C20H14Cl2FN3O3S. The molecule has 1 heterocycles. The molecule has 0 atom stereocenters. The quantitative estimate of drug-likeness (QED) is 0.590. The molecular weight excluding hydrogens is 452 g/mol. The Bertz CT molecular complexity index is 1230. The zero-order valence-electron chi connectivity index (χ0n) is 15.2. The van der Waals surface area contributed by atoms with Crippen molar-refractivity contribution >= 4 is 50.5 Å². The van der Waals surface area contributed by atoms with E-state index in [9.17, 15) is 17.6 Å². The van der Waals surface area contributed by atoms with Crippen molar-refractivity contribution in [1.82, 2.24) is 5.43 Å². The average molecular weight is 466 g/mol. The molecule has 0 saturated carbocycles. The largest absolute Gasteiger partial charge is 0.322 e. The molecule has 0 saturated heterocycles. The van der Waals surface area contributed by atoms with Crippen molar-refractivity contribution in [3.05, 3.63) is 87.7 Å². The number of anilines is 2. The Morgan fingerprint density at radius 2 is 1.80 bits per heavy atom.